The Morgan fingerprint density at radius 3 is 2.71 bits per heavy atom. The normalized spacial score (nSPS) is 13.7. The maximum absolute atomic E-state index is 5.57. The molecule has 0 spiro atoms. The van der Waals surface area contributed by atoms with Crippen molar-refractivity contribution >= 4 is 15.9 Å². The van der Waals surface area contributed by atoms with Gasteiger partial charge in [0.15, 0.2) is 11.5 Å². The number of fused-ring (bicyclic) bond motifs is 1. The molecular weight excluding hydrogens is 284 g/mol. The van der Waals surface area contributed by atoms with Gasteiger partial charge in [0.2, 0.25) is 0 Å². The number of ether oxygens (including phenoxy) is 2. The van der Waals surface area contributed by atoms with Gasteiger partial charge in [0.05, 0.1) is 6.33 Å². The van der Waals surface area contributed by atoms with Crippen LogP contribution < -0.4 is 9.47 Å². The molecule has 0 fully saturated rings. The zero-order chi connectivity index (χ0) is 11.7. The van der Waals surface area contributed by atoms with Crippen LogP contribution in [0.5, 0.6) is 11.5 Å². The number of imidazole rings is 1. The molecule has 0 saturated carbocycles. The van der Waals surface area contributed by atoms with Gasteiger partial charge in [0.1, 0.15) is 13.2 Å². The highest BCUT2D eigenvalue weighted by Crippen LogP contribution is 2.35. The third-order valence-electron chi connectivity index (χ3n) is 2.62. The van der Waals surface area contributed by atoms with E-state index in [2.05, 4.69) is 20.9 Å². The highest BCUT2D eigenvalue weighted by Gasteiger charge is 2.14. The van der Waals surface area contributed by atoms with E-state index < -0.39 is 0 Å². The number of hydrogen-bond donors (Lipinski definition) is 0. The quantitative estimate of drug-likeness (QED) is 0.854. The monoisotopic (exact) mass is 294 g/mol. The summed E-state index contributed by atoms with van der Waals surface area (Å²) in [6.07, 6.45) is 5.50. The molecule has 1 aliphatic rings. The lowest BCUT2D eigenvalue weighted by Crippen LogP contribution is -2.15. The standard InChI is InChI=1S/C12H11BrN2O2/c13-10-6-12-11(16-3-4-17-12)5-9(10)7-15-2-1-14-8-15/h1-2,5-6,8H,3-4,7H2. The van der Waals surface area contributed by atoms with E-state index in [1.54, 1.807) is 12.5 Å². The second-order valence-corrected chi connectivity index (χ2v) is 4.68. The Morgan fingerprint density at radius 1 is 1.24 bits per heavy atom. The molecule has 1 aromatic carbocycles. The van der Waals surface area contributed by atoms with Crippen LogP contribution in [0.2, 0.25) is 0 Å². The summed E-state index contributed by atoms with van der Waals surface area (Å²) in [5.41, 5.74) is 1.15. The van der Waals surface area contributed by atoms with Crippen molar-refractivity contribution in [3.63, 3.8) is 0 Å². The molecule has 0 atom stereocenters. The minimum atomic E-state index is 0.610. The first-order valence-electron chi connectivity index (χ1n) is 5.37. The summed E-state index contributed by atoms with van der Waals surface area (Å²) in [7, 11) is 0. The van der Waals surface area contributed by atoms with Gasteiger partial charge in [-0.3, -0.25) is 0 Å². The minimum absolute atomic E-state index is 0.610. The van der Waals surface area contributed by atoms with Gasteiger partial charge >= 0.3 is 0 Å². The van der Waals surface area contributed by atoms with Crippen molar-refractivity contribution in [3.05, 3.63) is 40.9 Å². The summed E-state index contributed by atoms with van der Waals surface area (Å²) in [5, 5.41) is 0. The van der Waals surface area contributed by atoms with Gasteiger partial charge in [-0.1, -0.05) is 15.9 Å². The lowest BCUT2D eigenvalue weighted by molar-refractivity contribution is 0.171. The molecule has 0 saturated heterocycles. The maximum Gasteiger partial charge on any atom is 0.162 e. The topological polar surface area (TPSA) is 36.3 Å². The van der Waals surface area contributed by atoms with Gasteiger partial charge in [-0.05, 0) is 17.7 Å². The molecule has 1 aliphatic heterocycles. The molecule has 88 valence electrons. The molecule has 17 heavy (non-hydrogen) atoms. The van der Waals surface area contributed by atoms with Crippen molar-refractivity contribution in [3.8, 4) is 11.5 Å². The van der Waals surface area contributed by atoms with E-state index in [9.17, 15) is 0 Å². The van der Waals surface area contributed by atoms with E-state index in [1.165, 1.54) is 0 Å². The minimum Gasteiger partial charge on any atom is -0.486 e. The van der Waals surface area contributed by atoms with Crippen molar-refractivity contribution in [2.24, 2.45) is 0 Å². The second kappa shape index (κ2) is 4.41. The van der Waals surface area contributed by atoms with Crippen LogP contribution in [0.3, 0.4) is 0 Å². The average molecular weight is 295 g/mol. The van der Waals surface area contributed by atoms with Crippen LogP contribution in [0, 0.1) is 0 Å². The largest absolute Gasteiger partial charge is 0.486 e. The first kappa shape index (κ1) is 10.7. The average Bonchev–Trinajstić information content (AvgIpc) is 2.83. The molecule has 5 heteroatoms. The Hall–Kier alpha value is -1.49. The van der Waals surface area contributed by atoms with Crippen LogP contribution in [0.1, 0.15) is 5.56 Å². The predicted octanol–water partition coefficient (Wildman–Crippen LogP) is 2.47. The lowest BCUT2D eigenvalue weighted by Gasteiger charge is -2.20. The summed E-state index contributed by atoms with van der Waals surface area (Å²) < 4.78 is 14.1. The van der Waals surface area contributed by atoms with Gasteiger partial charge in [-0.25, -0.2) is 4.98 Å². The Morgan fingerprint density at radius 2 is 2.00 bits per heavy atom. The molecule has 0 aliphatic carbocycles. The fourth-order valence-electron chi connectivity index (χ4n) is 1.80. The Balaban J connectivity index is 1.94. The molecule has 4 nitrogen and oxygen atoms in total. The molecular formula is C12H11BrN2O2. The zero-order valence-electron chi connectivity index (χ0n) is 9.10. The van der Waals surface area contributed by atoms with Gasteiger partial charge in [-0.2, -0.15) is 0 Å². The van der Waals surface area contributed by atoms with E-state index in [1.807, 2.05) is 22.9 Å². The van der Waals surface area contributed by atoms with Crippen LogP contribution >= 0.6 is 15.9 Å². The van der Waals surface area contributed by atoms with Crippen molar-refractivity contribution in [2.45, 2.75) is 6.54 Å². The van der Waals surface area contributed by atoms with Crippen LogP contribution in [0.15, 0.2) is 35.3 Å². The highest BCUT2D eigenvalue weighted by atomic mass is 79.9. The summed E-state index contributed by atoms with van der Waals surface area (Å²) in [4.78, 5) is 4.03. The van der Waals surface area contributed by atoms with Crippen LogP contribution in [0.25, 0.3) is 0 Å². The van der Waals surface area contributed by atoms with Crippen molar-refractivity contribution < 1.29 is 9.47 Å². The van der Waals surface area contributed by atoms with E-state index >= 15 is 0 Å². The number of halogens is 1. The van der Waals surface area contributed by atoms with Crippen molar-refractivity contribution in [2.75, 3.05) is 13.2 Å². The van der Waals surface area contributed by atoms with Crippen molar-refractivity contribution in [1.29, 1.82) is 0 Å². The Labute approximate surface area is 107 Å². The van der Waals surface area contributed by atoms with E-state index in [0.29, 0.717) is 13.2 Å². The lowest BCUT2D eigenvalue weighted by atomic mass is 10.2. The Kier molecular flexibility index (Phi) is 2.76. The van der Waals surface area contributed by atoms with Crippen LogP contribution in [0.4, 0.5) is 0 Å². The number of rotatable bonds is 2. The third-order valence-corrected chi connectivity index (χ3v) is 3.36. The molecule has 2 aromatic rings. The fourth-order valence-corrected chi connectivity index (χ4v) is 2.25. The van der Waals surface area contributed by atoms with E-state index in [-0.39, 0.29) is 0 Å². The zero-order valence-corrected chi connectivity index (χ0v) is 10.7. The van der Waals surface area contributed by atoms with Crippen molar-refractivity contribution in [1.82, 2.24) is 9.55 Å². The molecule has 0 radical (unpaired) electrons. The molecule has 0 N–H and O–H groups in total. The molecule has 1 aromatic heterocycles. The second-order valence-electron chi connectivity index (χ2n) is 3.82. The van der Waals surface area contributed by atoms with Crippen LogP contribution in [-0.4, -0.2) is 22.8 Å². The summed E-state index contributed by atoms with van der Waals surface area (Å²) >= 11 is 3.55. The molecule has 0 unspecified atom stereocenters. The fraction of sp³-hybridized carbons (Fsp3) is 0.250. The smallest absolute Gasteiger partial charge is 0.162 e. The molecule has 3 rings (SSSR count). The van der Waals surface area contributed by atoms with E-state index in [0.717, 1.165) is 28.1 Å². The Bertz CT molecular complexity index is 526. The summed E-state index contributed by atoms with van der Waals surface area (Å²) in [6, 6.07) is 3.97. The number of hydrogen-bond acceptors (Lipinski definition) is 3. The van der Waals surface area contributed by atoms with Gasteiger partial charge in [0.25, 0.3) is 0 Å². The van der Waals surface area contributed by atoms with Gasteiger partial charge < -0.3 is 14.0 Å². The maximum atomic E-state index is 5.57. The third kappa shape index (κ3) is 2.15. The first-order chi connectivity index (χ1) is 8.33. The highest BCUT2D eigenvalue weighted by molar-refractivity contribution is 9.10. The van der Waals surface area contributed by atoms with E-state index in [4.69, 9.17) is 9.47 Å². The number of benzene rings is 1. The van der Waals surface area contributed by atoms with Gasteiger partial charge in [-0.15, -0.1) is 0 Å². The SMILES string of the molecule is Brc1cc2c(cc1Cn1ccnc1)OCCO2. The summed E-state index contributed by atoms with van der Waals surface area (Å²) in [5.74, 6) is 1.62. The predicted molar refractivity (Wildman–Crippen MR) is 66.5 cm³/mol. The summed E-state index contributed by atoms with van der Waals surface area (Å²) in [6.45, 7) is 1.98. The molecule has 0 amide bonds. The molecule has 2 heterocycles. The number of nitrogens with zero attached hydrogens (tertiary/aromatic N) is 2. The first-order valence-corrected chi connectivity index (χ1v) is 6.16. The number of aromatic nitrogens is 2. The van der Waals surface area contributed by atoms with Crippen LogP contribution in [-0.2, 0) is 6.54 Å². The molecule has 0 bridgehead atoms. The van der Waals surface area contributed by atoms with Gasteiger partial charge in [0, 0.05) is 23.4 Å².